The van der Waals surface area contributed by atoms with E-state index in [0.29, 0.717) is 17.2 Å². The maximum Gasteiger partial charge on any atom is 0.200 e. The van der Waals surface area contributed by atoms with Crippen molar-refractivity contribution in [3.63, 3.8) is 0 Å². The first kappa shape index (κ1) is 14.3. The molecule has 0 aliphatic heterocycles. The van der Waals surface area contributed by atoms with Gasteiger partial charge in [0.05, 0.1) is 0 Å². The Hall–Kier alpha value is -2.16. The summed E-state index contributed by atoms with van der Waals surface area (Å²) in [5.74, 6) is 0.292. The fourth-order valence-corrected chi connectivity index (χ4v) is 1.84. The van der Waals surface area contributed by atoms with Gasteiger partial charge in [-0.05, 0) is 23.6 Å². The highest BCUT2D eigenvalue weighted by atomic mass is 19.1. The second-order valence-corrected chi connectivity index (χ2v) is 4.95. The SMILES string of the molecule is CC(C)c1ccc(C(=O)COc2cccc(F)c2)cc1. The van der Waals surface area contributed by atoms with Crippen LogP contribution in [0.25, 0.3) is 0 Å². The lowest BCUT2D eigenvalue weighted by molar-refractivity contribution is 0.0921. The van der Waals surface area contributed by atoms with Gasteiger partial charge in [-0.1, -0.05) is 44.2 Å². The summed E-state index contributed by atoms with van der Waals surface area (Å²) in [4.78, 5) is 12.0. The molecular formula is C17H17FO2. The predicted octanol–water partition coefficient (Wildman–Crippen LogP) is 4.21. The van der Waals surface area contributed by atoms with Gasteiger partial charge in [0.1, 0.15) is 11.6 Å². The number of halogens is 1. The molecule has 2 aromatic rings. The monoisotopic (exact) mass is 272 g/mol. The Morgan fingerprint density at radius 1 is 1.15 bits per heavy atom. The molecule has 2 rings (SSSR count). The van der Waals surface area contributed by atoms with Crippen molar-refractivity contribution in [2.24, 2.45) is 0 Å². The average molecular weight is 272 g/mol. The molecule has 2 nitrogen and oxygen atoms in total. The van der Waals surface area contributed by atoms with Crippen LogP contribution in [0, 0.1) is 5.82 Å². The summed E-state index contributed by atoms with van der Waals surface area (Å²) in [5.41, 5.74) is 1.79. The number of carbonyl (C=O) groups is 1. The fraction of sp³-hybridized carbons (Fsp3) is 0.235. The van der Waals surface area contributed by atoms with E-state index in [0.717, 1.165) is 0 Å². The number of ketones is 1. The second kappa shape index (κ2) is 6.33. The maximum absolute atomic E-state index is 13.0. The molecule has 0 heterocycles. The zero-order chi connectivity index (χ0) is 14.5. The number of hydrogen-bond acceptors (Lipinski definition) is 2. The van der Waals surface area contributed by atoms with Crippen LogP contribution in [0.3, 0.4) is 0 Å². The molecule has 20 heavy (non-hydrogen) atoms. The largest absolute Gasteiger partial charge is 0.485 e. The topological polar surface area (TPSA) is 26.3 Å². The molecule has 0 aliphatic rings. The summed E-state index contributed by atoms with van der Waals surface area (Å²) in [7, 11) is 0. The highest BCUT2D eigenvalue weighted by Crippen LogP contribution is 2.16. The van der Waals surface area contributed by atoms with Crippen molar-refractivity contribution in [3.8, 4) is 5.75 Å². The molecule has 0 saturated heterocycles. The summed E-state index contributed by atoms with van der Waals surface area (Å²) < 4.78 is 18.3. The molecule has 0 unspecified atom stereocenters. The third kappa shape index (κ3) is 3.67. The van der Waals surface area contributed by atoms with E-state index in [9.17, 15) is 9.18 Å². The summed E-state index contributed by atoms with van der Waals surface area (Å²) in [6.07, 6.45) is 0. The minimum absolute atomic E-state index is 0.0928. The molecule has 0 bridgehead atoms. The third-order valence-electron chi connectivity index (χ3n) is 3.07. The van der Waals surface area contributed by atoms with Crippen molar-refractivity contribution in [2.45, 2.75) is 19.8 Å². The maximum atomic E-state index is 13.0. The van der Waals surface area contributed by atoms with Crippen LogP contribution in [-0.2, 0) is 0 Å². The van der Waals surface area contributed by atoms with Gasteiger partial charge in [-0.3, -0.25) is 4.79 Å². The lowest BCUT2D eigenvalue weighted by atomic mass is 10.0. The van der Waals surface area contributed by atoms with E-state index >= 15 is 0 Å². The van der Waals surface area contributed by atoms with Crippen molar-refractivity contribution < 1.29 is 13.9 Å². The molecule has 104 valence electrons. The van der Waals surface area contributed by atoms with Crippen LogP contribution >= 0.6 is 0 Å². The fourth-order valence-electron chi connectivity index (χ4n) is 1.84. The molecule has 0 spiro atoms. The number of carbonyl (C=O) groups excluding carboxylic acids is 1. The molecule has 0 amide bonds. The Labute approximate surface area is 118 Å². The van der Waals surface area contributed by atoms with Crippen LogP contribution in [0.1, 0.15) is 35.7 Å². The van der Waals surface area contributed by atoms with Crippen molar-refractivity contribution >= 4 is 5.78 Å². The molecule has 3 heteroatoms. The first-order valence-electron chi connectivity index (χ1n) is 6.58. The highest BCUT2D eigenvalue weighted by Gasteiger charge is 2.08. The Balaban J connectivity index is 1.98. The van der Waals surface area contributed by atoms with Gasteiger partial charge in [0.25, 0.3) is 0 Å². The molecule has 0 saturated carbocycles. The number of Topliss-reactive ketones (excluding diaryl/α,β-unsaturated/α-hetero) is 1. The normalized spacial score (nSPS) is 10.6. The van der Waals surface area contributed by atoms with Crippen LogP contribution < -0.4 is 4.74 Å². The minimum atomic E-state index is -0.378. The minimum Gasteiger partial charge on any atom is -0.485 e. The van der Waals surface area contributed by atoms with Gasteiger partial charge in [-0.2, -0.15) is 0 Å². The van der Waals surface area contributed by atoms with Crippen molar-refractivity contribution in [3.05, 3.63) is 65.5 Å². The Kier molecular flexibility index (Phi) is 4.51. The summed E-state index contributed by atoms with van der Waals surface area (Å²) in [6.45, 7) is 4.11. The zero-order valence-corrected chi connectivity index (χ0v) is 11.6. The Bertz CT molecular complexity index is 588. The van der Waals surface area contributed by atoms with Gasteiger partial charge in [0.15, 0.2) is 12.4 Å². The lowest BCUT2D eigenvalue weighted by Gasteiger charge is -2.08. The number of rotatable bonds is 5. The second-order valence-electron chi connectivity index (χ2n) is 4.95. The molecule has 0 aliphatic carbocycles. The van der Waals surface area contributed by atoms with Gasteiger partial charge >= 0.3 is 0 Å². The van der Waals surface area contributed by atoms with Crippen molar-refractivity contribution in [2.75, 3.05) is 6.61 Å². The van der Waals surface area contributed by atoms with E-state index in [1.54, 1.807) is 24.3 Å². The van der Waals surface area contributed by atoms with Gasteiger partial charge < -0.3 is 4.74 Å². The Morgan fingerprint density at radius 3 is 2.45 bits per heavy atom. The van der Waals surface area contributed by atoms with Gasteiger partial charge in [0, 0.05) is 11.6 Å². The van der Waals surface area contributed by atoms with Crippen molar-refractivity contribution in [1.82, 2.24) is 0 Å². The predicted molar refractivity (Wildman–Crippen MR) is 76.8 cm³/mol. The first-order valence-corrected chi connectivity index (χ1v) is 6.58. The van der Waals surface area contributed by atoms with E-state index in [4.69, 9.17) is 4.74 Å². The Morgan fingerprint density at radius 2 is 1.85 bits per heavy atom. The average Bonchev–Trinajstić information content (AvgIpc) is 2.45. The summed E-state index contributed by atoms with van der Waals surface area (Å²) in [6, 6.07) is 13.2. The van der Waals surface area contributed by atoms with E-state index in [2.05, 4.69) is 13.8 Å². The molecule has 0 atom stereocenters. The molecular weight excluding hydrogens is 255 g/mol. The first-order chi connectivity index (χ1) is 9.56. The van der Waals surface area contributed by atoms with Gasteiger partial charge in [-0.15, -0.1) is 0 Å². The van der Waals surface area contributed by atoms with E-state index in [1.165, 1.54) is 17.7 Å². The summed E-state index contributed by atoms with van der Waals surface area (Å²) in [5, 5.41) is 0. The van der Waals surface area contributed by atoms with Crippen LogP contribution in [0.5, 0.6) is 5.75 Å². The highest BCUT2D eigenvalue weighted by molar-refractivity contribution is 5.97. The van der Waals surface area contributed by atoms with E-state index < -0.39 is 0 Å². The zero-order valence-electron chi connectivity index (χ0n) is 11.6. The summed E-state index contributed by atoms with van der Waals surface area (Å²) >= 11 is 0. The van der Waals surface area contributed by atoms with Crippen molar-refractivity contribution in [1.29, 1.82) is 0 Å². The molecule has 2 aromatic carbocycles. The number of benzene rings is 2. The third-order valence-corrected chi connectivity index (χ3v) is 3.07. The molecule has 0 aromatic heterocycles. The molecule has 0 fully saturated rings. The van der Waals surface area contributed by atoms with Gasteiger partial charge in [-0.25, -0.2) is 4.39 Å². The van der Waals surface area contributed by atoms with Crippen LogP contribution in [-0.4, -0.2) is 12.4 Å². The smallest absolute Gasteiger partial charge is 0.200 e. The number of hydrogen-bond donors (Lipinski definition) is 0. The molecule has 0 radical (unpaired) electrons. The van der Waals surface area contributed by atoms with E-state index in [1.807, 2.05) is 12.1 Å². The number of ether oxygens (including phenoxy) is 1. The lowest BCUT2D eigenvalue weighted by Crippen LogP contribution is -2.11. The standard InChI is InChI=1S/C17H17FO2/c1-12(2)13-6-8-14(9-7-13)17(19)11-20-16-5-3-4-15(18)10-16/h3-10,12H,11H2,1-2H3. The van der Waals surface area contributed by atoms with E-state index in [-0.39, 0.29) is 18.2 Å². The van der Waals surface area contributed by atoms with Crippen LogP contribution in [0.4, 0.5) is 4.39 Å². The van der Waals surface area contributed by atoms with Gasteiger partial charge in [0.2, 0.25) is 0 Å². The van der Waals surface area contributed by atoms with Crippen LogP contribution in [0.15, 0.2) is 48.5 Å². The molecule has 0 N–H and O–H groups in total. The quantitative estimate of drug-likeness (QED) is 0.762. The van der Waals surface area contributed by atoms with Crippen LogP contribution in [0.2, 0.25) is 0 Å².